The molecule has 0 bridgehead atoms. The lowest BCUT2D eigenvalue weighted by Crippen LogP contribution is -2.11. The molecule has 2 rings (SSSR count). The van der Waals surface area contributed by atoms with E-state index in [1.807, 2.05) is 36.4 Å². The lowest BCUT2D eigenvalue weighted by Gasteiger charge is -2.07. The van der Waals surface area contributed by atoms with Crippen molar-refractivity contribution in [1.29, 1.82) is 0 Å². The summed E-state index contributed by atoms with van der Waals surface area (Å²) < 4.78 is 12.0. The van der Waals surface area contributed by atoms with Gasteiger partial charge in [0.1, 0.15) is 11.5 Å². The van der Waals surface area contributed by atoms with Gasteiger partial charge in [0.15, 0.2) is 0 Å². The molecule has 0 amide bonds. The Kier molecular flexibility index (Phi) is 5.20. The third-order valence-electron chi connectivity index (χ3n) is 2.63. The van der Waals surface area contributed by atoms with Crippen LogP contribution in [0.25, 0.3) is 0 Å². The van der Waals surface area contributed by atoms with E-state index in [2.05, 4.69) is 31.9 Å². The van der Waals surface area contributed by atoms with E-state index in [4.69, 9.17) is 9.47 Å². The average molecular weight is 400 g/mol. The number of hydrogen-bond acceptors (Lipinski definition) is 3. The molecular weight excluding hydrogens is 388 g/mol. The Hall–Kier alpha value is -1.33. The fourth-order valence-corrected chi connectivity index (χ4v) is 2.75. The standard InChI is InChI=1S/C15H12Br2O3/c1-19-12-5-2-10(3-6-12)8-15(18)20-14-7-4-11(16)9-13(14)17/h2-7,9H,8H2,1H3. The van der Waals surface area contributed by atoms with E-state index in [9.17, 15) is 4.79 Å². The third kappa shape index (κ3) is 4.08. The summed E-state index contributed by atoms with van der Waals surface area (Å²) in [6, 6.07) is 12.7. The summed E-state index contributed by atoms with van der Waals surface area (Å²) in [7, 11) is 1.61. The molecular formula is C15H12Br2O3. The van der Waals surface area contributed by atoms with Crippen LogP contribution in [0.3, 0.4) is 0 Å². The fraction of sp³-hybridized carbons (Fsp3) is 0.133. The molecule has 0 atom stereocenters. The van der Waals surface area contributed by atoms with E-state index in [0.29, 0.717) is 5.75 Å². The summed E-state index contributed by atoms with van der Waals surface area (Å²) in [5.74, 6) is 0.961. The Bertz CT molecular complexity index is 609. The first-order chi connectivity index (χ1) is 9.58. The van der Waals surface area contributed by atoms with Gasteiger partial charge in [0, 0.05) is 4.47 Å². The zero-order chi connectivity index (χ0) is 14.5. The lowest BCUT2D eigenvalue weighted by molar-refractivity contribution is -0.133. The Balaban J connectivity index is 2.01. The molecule has 0 aromatic heterocycles. The maximum absolute atomic E-state index is 11.9. The number of benzene rings is 2. The Morgan fingerprint density at radius 2 is 1.80 bits per heavy atom. The summed E-state index contributed by atoms with van der Waals surface area (Å²) >= 11 is 6.70. The predicted molar refractivity (Wildman–Crippen MR) is 84.2 cm³/mol. The van der Waals surface area contributed by atoms with Crippen LogP contribution in [-0.2, 0) is 11.2 Å². The molecule has 0 heterocycles. The first-order valence-electron chi connectivity index (χ1n) is 5.87. The second-order valence-electron chi connectivity index (χ2n) is 4.07. The molecule has 0 N–H and O–H groups in total. The smallest absolute Gasteiger partial charge is 0.315 e. The van der Waals surface area contributed by atoms with Gasteiger partial charge in [0.25, 0.3) is 0 Å². The van der Waals surface area contributed by atoms with Crippen LogP contribution in [-0.4, -0.2) is 13.1 Å². The van der Waals surface area contributed by atoms with Gasteiger partial charge >= 0.3 is 5.97 Å². The van der Waals surface area contributed by atoms with Crippen molar-refractivity contribution >= 4 is 37.8 Å². The number of carbonyl (C=O) groups is 1. The number of rotatable bonds is 4. The van der Waals surface area contributed by atoms with Gasteiger partial charge < -0.3 is 9.47 Å². The molecule has 0 unspecified atom stereocenters. The number of ether oxygens (including phenoxy) is 2. The lowest BCUT2D eigenvalue weighted by atomic mass is 10.1. The van der Waals surface area contributed by atoms with E-state index in [0.717, 1.165) is 20.3 Å². The van der Waals surface area contributed by atoms with Crippen LogP contribution in [0, 0.1) is 0 Å². The number of esters is 1. The maximum atomic E-state index is 11.9. The number of hydrogen-bond donors (Lipinski definition) is 0. The van der Waals surface area contributed by atoms with Crippen molar-refractivity contribution in [3.8, 4) is 11.5 Å². The van der Waals surface area contributed by atoms with E-state index in [1.165, 1.54) is 0 Å². The predicted octanol–water partition coefficient (Wildman–Crippen LogP) is 4.37. The monoisotopic (exact) mass is 398 g/mol. The highest BCUT2D eigenvalue weighted by Crippen LogP contribution is 2.28. The molecule has 0 radical (unpaired) electrons. The van der Waals surface area contributed by atoms with Crippen molar-refractivity contribution in [3.63, 3.8) is 0 Å². The molecule has 3 nitrogen and oxygen atoms in total. The van der Waals surface area contributed by atoms with E-state index in [1.54, 1.807) is 13.2 Å². The van der Waals surface area contributed by atoms with Crippen LogP contribution in [0.15, 0.2) is 51.4 Å². The fourth-order valence-electron chi connectivity index (χ4n) is 1.63. The highest BCUT2D eigenvalue weighted by atomic mass is 79.9. The second kappa shape index (κ2) is 6.90. The van der Waals surface area contributed by atoms with Crippen LogP contribution >= 0.6 is 31.9 Å². The van der Waals surface area contributed by atoms with Gasteiger partial charge in [-0.15, -0.1) is 0 Å². The van der Waals surface area contributed by atoms with Gasteiger partial charge in [-0.3, -0.25) is 4.79 Å². The van der Waals surface area contributed by atoms with Crippen molar-refractivity contribution in [2.24, 2.45) is 0 Å². The van der Waals surface area contributed by atoms with Crippen molar-refractivity contribution < 1.29 is 14.3 Å². The zero-order valence-corrected chi connectivity index (χ0v) is 13.9. The van der Waals surface area contributed by atoms with Gasteiger partial charge in [-0.2, -0.15) is 0 Å². The molecule has 0 saturated heterocycles. The molecule has 0 fully saturated rings. The van der Waals surface area contributed by atoms with E-state index in [-0.39, 0.29) is 12.4 Å². The summed E-state index contributed by atoms with van der Waals surface area (Å²) in [4.78, 5) is 11.9. The van der Waals surface area contributed by atoms with Crippen molar-refractivity contribution in [1.82, 2.24) is 0 Å². The van der Waals surface area contributed by atoms with Crippen LogP contribution in [0.5, 0.6) is 11.5 Å². The average Bonchev–Trinajstić information content (AvgIpc) is 2.43. The van der Waals surface area contributed by atoms with Crippen LogP contribution in [0.1, 0.15) is 5.56 Å². The summed E-state index contributed by atoms with van der Waals surface area (Å²) in [5, 5.41) is 0. The quantitative estimate of drug-likeness (QED) is 0.565. The molecule has 2 aromatic rings. The minimum absolute atomic E-state index is 0.215. The molecule has 0 aliphatic heterocycles. The highest BCUT2D eigenvalue weighted by molar-refractivity contribution is 9.11. The van der Waals surface area contributed by atoms with Gasteiger partial charge in [0.05, 0.1) is 18.0 Å². The van der Waals surface area contributed by atoms with Crippen LogP contribution < -0.4 is 9.47 Å². The van der Waals surface area contributed by atoms with Crippen molar-refractivity contribution in [2.45, 2.75) is 6.42 Å². The third-order valence-corrected chi connectivity index (χ3v) is 3.74. The molecule has 2 aromatic carbocycles. The largest absolute Gasteiger partial charge is 0.497 e. The Labute approximate surface area is 134 Å². The van der Waals surface area contributed by atoms with Gasteiger partial charge in [-0.25, -0.2) is 0 Å². The minimum Gasteiger partial charge on any atom is -0.497 e. The van der Waals surface area contributed by atoms with E-state index >= 15 is 0 Å². The molecule has 20 heavy (non-hydrogen) atoms. The number of carbonyl (C=O) groups excluding carboxylic acids is 1. The SMILES string of the molecule is COc1ccc(CC(=O)Oc2ccc(Br)cc2Br)cc1. The van der Waals surface area contributed by atoms with Gasteiger partial charge in [0.2, 0.25) is 0 Å². The topological polar surface area (TPSA) is 35.5 Å². The number of halogens is 2. The Morgan fingerprint density at radius 3 is 2.40 bits per heavy atom. The molecule has 0 spiro atoms. The molecule has 0 aliphatic rings. The first-order valence-corrected chi connectivity index (χ1v) is 7.46. The summed E-state index contributed by atoms with van der Waals surface area (Å²) in [5.41, 5.74) is 0.879. The van der Waals surface area contributed by atoms with Gasteiger partial charge in [-0.1, -0.05) is 28.1 Å². The van der Waals surface area contributed by atoms with Crippen molar-refractivity contribution in [3.05, 3.63) is 57.0 Å². The van der Waals surface area contributed by atoms with Crippen LogP contribution in [0.2, 0.25) is 0 Å². The number of methoxy groups -OCH3 is 1. The molecule has 0 aliphatic carbocycles. The van der Waals surface area contributed by atoms with Crippen LogP contribution in [0.4, 0.5) is 0 Å². The molecule has 5 heteroatoms. The minimum atomic E-state index is -0.307. The van der Waals surface area contributed by atoms with E-state index < -0.39 is 0 Å². The normalized spacial score (nSPS) is 10.2. The molecule has 0 saturated carbocycles. The maximum Gasteiger partial charge on any atom is 0.315 e. The second-order valence-corrected chi connectivity index (χ2v) is 5.84. The Morgan fingerprint density at radius 1 is 1.10 bits per heavy atom. The summed E-state index contributed by atoms with van der Waals surface area (Å²) in [6.07, 6.45) is 0.215. The first kappa shape index (κ1) is 15.1. The zero-order valence-electron chi connectivity index (χ0n) is 10.7. The molecule has 104 valence electrons. The summed E-state index contributed by atoms with van der Waals surface area (Å²) in [6.45, 7) is 0. The van der Waals surface area contributed by atoms with Crippen molar-refractivity contribution in [2.75, 3.05) is 7.11 Å². The highest BCUT2D eigenvalue weighted by Gasteiger charge is 2.09. The van der Waals surface area contributed by atoms with Gasteiger partial charge in [-0.05, 0) is 51.8 Å².